The van der Waals surface area contributed by atoms with Crippen molar-refractivity contribution in [3.63, 3.8) is 0 Å². The van der Waals surface area contributed by atoms with Gasteiger partial charge in [-0.1, -0.05) is 11.6 Å². The Hall–Kier alpha value is -2.38. The Bertz CT molecular complexity index is 904. The van der Waals surface area contributed by atoms with Crippen LogP contribution in [0, 0.1) is 0 Å². The van der Waals surface area contributed by atoms with E-state index in [0.717, 1.165) is 0 Å². The van der Waals surface area contributed by atoms with E-state index in [0.29, 0.717) is 26.8 Å². The van der Waals surface area contributed by atoms with E-state index in [1.807, 2.05) is 5.38 Å². The monoisotopic (exact) mass is 348 g/mol. The van der Waals surface area contributed by atoms with E-state index in [1.54, 1.807) is 37.4 Å². The molecule has 0 radical (unpaired) electrons. The fourth-order valence-corrected chi connectivity index (χ4v) is 2.90. The van der Waals surface area contributed by atoms with Gasteiger partial charge in [0.05, 0.1) is 12.1 Å². The van der Waals surface area contributed by atoms with Crippen LogP contribution in [0.2, 0.25) is 5.02 Å². The maximum absolute atomic E-state index is 12.2. The molecule has 8 heteroatoms. The highest BCUT2D eigenvalue weighted by Crippen LogP contribution is 2.15. The van der Waals surface area contributed by atoms with Crippen LogP contribution in [0.5, 0.6) is 0 Å². The molecule has 2 amide bonds. The normalized spacial score (nSPS) is 10.7. The molecule has 23 heavy (non-hydrogen) atoms. The predicted molar refractivity (Wildman–Crippen MR) is 92.2 cm³/mol. The first-order valence-corrected chi connectivity index (χ1v) is 8.03. The van der Waals surface area contributed by atoms with Crippen LogP contribution >= 0.6 is 22.9 Å². The van der Waals surface area contributed by atoms with Crippen molar-refractivity contribution in [2.45, 2.75) is 6.54 Å². The number of anilines is 1. The molecular formula is C15H13ClN4O2S. The molecule has 0 saturated carbocycles. The molecule has 0 atom stereocenters. The van der Waals surface area contributed by atoms with Gasteiger partial charge >= 0.3 is 6.03 Å². The van der Waals surface area contributed by atoms with E-state index in [1.165, 1.54) is 16.2 Å². The molecule has 0 aliphatic heterocycles. The first-order chi connectivity index (χ1) is 11.0. The van der Waals surface area contributed by atoms with Crippen molar-refractivity contribution < 1.29 is 4.79 Å². The molecule has 3 rings (SSSR count). The average Bonchev–Trinajstić information content (AvgIpc) is 2.98. The van der Waals surface area contributed by atoms with Crippen molar-refractivity contribution >= 4 is 44.9 Å². The zero-order chi connectivity index (χ0) is 16.4. The summed E-state index contributed by atoms with van der Waals surface area (Å²) in [6.07, 6.45) is 0. The molecule has 0 spiro atoms. The summed E-state index contributed by atoms with van der Waals surface area (Å²) in [6.45, 7) is 0.195. The number of fused-ring (bicyclic) bond motifs is 1. The van der Waals surface area contributed by atoms with E-state index in [2.05, 4.69) is 15.3 Å². The van der Waals surface area contributed by atoms with Gasteiger partial charge in [0.1, 0.15) is 10.5 Å². The van der Waals surface area contributed by atoms with Crippen LogP contribution in [0.3, 0.4) is 0 Å². The number of carbonyl (C=O) groups excluding carboxylic acids is 1. The van der Waals surface area contributed by atoms with Gasteiger partial charge in [-0.2, -0.15) is 0 Å². The number of halogens is 1. The molecule has 2 heterocycles. The number of aromatic nitrogens is 2. The van der Waals surface area contributed by atoms with Gasteiger partial charge in [0, 0.05) is 17.8 Å². The van der Waals surface area contributed by atoms with Gasteiger partial charge in [-0.05, 0) is 35.7 Å². The number of carbonyl (C=O) groups is 1. The molecule has 118 valence electrons. The number of thiophene rings is 1. The minimum atomic E-state index is -0.305. The van der Waals surface area contributed by atoms with E-state index >= 15 is 0 Å². The standard InChI is InChI=1S/C15H13ClN4O2S/c1-20(15(22)17-10-4-2-9(16)3-5-10)8-12-18-11-6-7-23-13(11)14(21)19-12/h2-7H,8H2,1H3,(H,17,22)(H,18,19,21). The number of rotatable bonds is 3. The fourth-order valence-electron chi connectivity index (χ4n) is 2.05. The van der Waals surface area contributed by atoms with Gasteiger partial charge in [0.25, 0.3) is 5.56 Å². The minimum absolute atomic E-state index is 0.188. The number of benzene rings is 1. The van der Waals surface area contributed by atoms with E-state index in [9.17, 15) is 9.59 Å². The van der Waals surface area contributed by atoms with Gasteiger partial charge in [0.2, 0.25) is 0 Å². The van der Waals surface area contributed by atoms with Gasteiger partial charge in [-0.3, -0.25) is 4.79 Å². The molecule has 3 aromatic rings. The summed E-state index contributed by atoms with van der Waals surface area (Å²) >= 11 is 7.15. The van der Waals surface area contributed by atoms with Crippen molar-refractivity contribution in [1.82, 2.24) is 14.9 Å². The van der Waals surface area contributed by atoms with Crippen LogP contribution in [-0.2, 0) is 6.54 Å². The number of H-pyrrole nitrogens is 1. The Labute approximate surface area is 140 Å². The quantitative estimate of drug-likeness (QED) is 0.762. The second-order valence-electron chi connectivity index (χ2n) is 4.94. The number of nitrogens with zero attached hydrogens (tertiary/aromatic N) is 2. The van der Waals surface area contributed by atoms with Gasteiger partial charge in [0.15, 0.2) is 0 Å². The van der Waals surface area contributed by atoms with E-state index in [-0.39, 0.29) is 18.1 Å². The maximum Gasteiger partial charge on any atom is 0.321 e. The van der Waals surface area contributed by atoms with Crippen molar-refractivity contribution in [3.05, 3.63) is 56.9 Å². The van der Waals surface area contributed by atoms with Crippen LogP contribution in [0.25, 0.3) is 10.2 Å². The lowest BCUT2D eigenvalue weighted by Crippen LogP contribution is -2.32. The molecule has 0 bridgehead atoms. The number of amides is 2. The lowest BCUT2D eigenvalue weighted by Gasteiger charge is -2.17. The molecule has 2 N–H and O–H groups in total. The number of hydrogen-bond acceptors (Lipinski definition) is 4. The third kappa shape index (κ3) is 3.52. The maximum atomic E-state index is 12.2. The molecule has 0 aliphatic rings. The fraction of sp³-hybridized carbons (Fsp3) is 0.133. The highest BCUT2D eigenvalue weighted by molar-refractivity contribution is 7.17. The first kappa shape index (κ1) is 15.5. The third-order valence-corrected chi connectivity index (χ3v) is 4.35. The highest BCUT2D eigenvalue weighted by Gasteiger charge is 2.12. The van der Waals surface area contributed by atoms with Crippen molar-refractivity contribution in [3.8, 4) is 0 Å². The van der Waals surface area contributed by atoms with E-state index in [4.69, 9.17) is 11.6 Å². The smallest absolute Gasteiger partial charge is 0.320 e. The summed E-state index contributed by atoms with van der Waals surface area (Å²) in [4.78, 5) is 32.6. The van der Waals surface area contributed by atoms with Crippen molar-refractivity contribution in [2.75, 3.05) is 12.4 Å². The largest absolute Gasteiger partial charge is 0.321 e. The average molecular weight is 349 g/mol. The SMILES string of the molecule is CN(Cc1nc2ccsc2c(=O)[nH]1)C(=O)Nc1ccc(Cl)cc1. The molecule has 2 aromatic heterocycles. The molecule has 0 unspecified atom stereocenters. The van der Waals surface area contributed by atoms with Crippen LogP contribution < -0.4 is 10.9 Å². The van der Waals surface area contributed by atoms with Crippen LogP contribution in [0.1, 0.15) is 5.82 Å². The number of urea groups is 1. The Kier molecular flexibility index (Phi) is 4.31. The molecule has 0 fully saturated rings. The minimum Gasteiger partial charge on any atom is -0.320 e. The summed E-state index contributed by atoms with van der Waals surface area (Å²) < 4.78 is 0.585. The topological polar surface area (TPSA) is 78.1 Å². The van der Waals surface area contributed by atoms with Crippen molar-refractivity contribution in [1.29, 1.82) is 0 Å². The summed E-state index contributed by atoms with van der Waals surface area (Å²) in [5.74, 6) is 0.439. The van der Waals surface area contributed by atoms with Crippen LogP contribution in [0.15, 0.2) is 40.5 Å². The third-order valence-electron chi connectivity index (χ3n) is 3.19. The second-order valence-corrected chi connectivity index (χ2v) is 6.29. The molecule has 6 nitrogen and oxygen atoms in total. The van der Waals surface area contributed by atoms with Crippen LogP contribution in [0.4, 0.5) is 10.5 Å². The summed E-state index contributed by atoms with van der Waals surface area (Å²) in [5.41, 5.74) is 1.09. The van der Waals surface area contributed by atoms with Crippen LogP contribution in [-0.4, -0.2) is 27.9 Å². The summed E-state index contributed by atoms with van der Waals surface area (Å²) in [7, 11) is 1.63. The number of nitrogens with one attached hydrogen (secondary N) is 2. The lowest BCUT2D eigenvalue weighted by molar-refractivity contribution is 0.219. The second kappa shape index (κ2) is 6.39. The molecule has 0 saturated heterocycles. The zero-order valence-corrected chi connectivity index (χ0v) is 13.7. The van der Waals surface area contributed by atoms with Crippen molar-refractivity contribution in [2.24, 2.45) is 0 Å². The lowest BCUT2D eigenvalue weighted by atomic mass is 10.3. The highest BCUT2D eigenvalue weighted by atomic mass is 35.5. The summed E-state index contributed by atoms with van der Waals surface area (Å²) in [5, 5.41) is 5.16. The first-order valence-electron chi connectivity index (χ1n) is 6.77. The predicted octanol–water partition coefficient (Wildman–Crippen LogP) is 3.30. The zero-order valence-electron chi connectivity index (χ0n) is 12.2. The molecule has 0 aliphatic carbocycles. The Balaban J connectivity index is 1.71. The van der Waals surface area contributed by atoms with Gasteiger partial charge in [-0.15, -0.1) is 11.3 Å². The van der Waals surface area contributed by atoms with Gasteiger partial charge in [-0.25, -0.2) is 9.78 Å². The number of aromatic amines is 1. The molecular weight excluding hydrogens is 336 g/mol. The Morgan fingerprint density at radius 2 is 2.09 bits per heavy atom. The van der Waals surface area contributed by atoms with E-state index < -0.39 is 0 Å². The Morgan fingerprint density at radius 3 is 2.83 bits per heavy atom. The van der Waals surface area contributed by atoms with Gasteiger partial charge < -0.3 is 15.2 Å². The Morgan fingerprint density at radius 1 is 1.35 bits per heavy atom. The number of hydrogen-bond donors (Lipinski definition) is 2. The summed E-state index contributed by atoms with van der Waals surface area (Å²) in [6, 6.07) is 8.30. The molecule has 1 aromatic carbocycles.